The summed E-state index contributed by atoms with van der Waals surface area (Å²) in [6.45, 7) is 5.84. The van der Waals surface area contributed by atoms with Gasteiger partial charge in [-0.25, -0.2) is 9.69 Å². The highest BCUT2D eigenvalue weighted by Gasteiger charge is 2.30. The number of hydrogen-bond acceptors (Lipinski definition) is 5. The Morgan fingerprint density at radius 3 is 2.48 bits per heavy atom. The lowest BCUT2D eigenvalue weighted by Crippen LogP contribution is -2.39. The van der Waals surface area contributed by atoms with Gasteiger partial charge in [0.2, 0.25) is 0 Å². The number of anilines is 1. The van der Waals surface area contributed by atoms with Crippen LogP contribution in [0.4, 0.5) is 10.5 Å². The molecule has 0 aliphatic heterocycles. The van der Waals surface area contributed by atoms with Crippen molar-refractivity contribution in [3.63, 3.8) is 0 Å². The number of carbonyl (C=O) groups is 3. The van der Waals surface area contributed by atoms with Crippen molar-refractivity contribution in [1.82, 2.24) is 15.3 Å². The lowest BCUT2D eigenvalue weighted by atomic mass is 10.1. The zero-order chi connectivity index (χ0) is 24.3. The standard InChI is InChI=1S/C23H30N6O4/c1-5-10-26-22(31)17-12-28(25-4)19(14(17)3)20(24)29(23(32)33)18-11-15(7-6-13(18)2)21(30)27-16-8-9-16/h6-7,11-12,16,24-25H,5,8-10H2,1-4H3,(H,26,31)(H,27,30)(H,32,33). The van der Waals surface area contributed by atoms with E-state index in [-0.39, 0.29) is 35.1 Å². The molecular formula is C23H30N6O4. The molecular weight excluding hydrogens is 424 g/mol. The summed E-state index contributed by atoms with van der Waals surface area (Å²) < 4.78 is 1.45. The van der Waals surface area contributed by atoms with Crippen molar-refractivity contribution in [2.45, 2.75) is 46.1 Å². The normalized spacial score (nSPS) is 12.7. The van der Waals surface area contributed by atoms with E-state index in [1.165, 1.54) is 16.9 Å². The number of aryl methyl sites for hydroxylation is 1. The van der Waals surface area contributed by atoms with Crippen LogP contribution in [0, 0.1) is 19.3 Å². The van der Waals surface area contributed by atoms with E-state index in [2.05, 4.69) is 16.1 Å². The number of rotatable bonds is 8. The first-order valence-corrected chi connectivity index (χ1v) is 10.9. The minimum atomic E-state index is -1.37. The van der Waals surface area contributed by atoms with Crippen molar-refractivity contribution >= 4 is 29.4 Å². The summed E-state index contributed by atoms with van der Waals surface area (Å²) in [6, 6.07) is 4.94. The SMILES string of the molecule is CCCNC(=O)c1cn(NC)c(C(=N)N(C(=O)O)c2cc(C(=O)NC3CC3)ccc2C)c1C. The quantitative estimate of drug-likeness (QED) is 0.308. The van der Waals surface area contributed by atoms with Crippen LogP contribution in [0.1, 0.15) is 63.7 Å². The van der Waals surface area contributed by atoms with Crippen molar-refractivity contribution < 1.29 is 19.5 Å². The molecule has 1 heterocycles. The highest BCUT2D eigenvalue weighted by atomic mass is 16.4. The van der Waals surface area contributed by atoms with Crippen molar-refractivity contribution in [2.24, 2.45) is 0 Å². The minimum Gasteiger partial charge on any atom is -0.464 e. The molecule has 0 saturated heterocycles. The molecule has 0 atom stereocenters. The summed E-state index contributed by atoms with van der Waals surface area (Å²) in [5.74, 6) is -0.916. The largest absolute Gasteiger partial charge is 0.464 e. The third kappa shape index (κ3) is 5.00. The molecule has 0 spiro atoms. The fraction of sp³-hybridized carbons (Fsp3) is 0.391. The molecule has 1 fully saturated rings. The molecule has 2 aromatic rings. The van der Waals surface area contributed by atoms with Crippen LogP contribution in [0.3, 0.4) is 0 Å². The third-order valence-electron chi connectivity index (χ3n) is 5.54. The summed E-state index contributed by atoms with van der Waals surface area (Å²) in [7, 11) is 1.61. The first kappa shape index (κ1) is 23.8. The maximum Gasteiger partial charge on any atom is 0.417 e. The second kappa shape index (κ2) is 9.76. The van der Waals surface area contributed by atoms with Crippen LogP contribution in [0.2, 0.25) is 0 Å². The van der Waals surface area contributed by atoms with Gasteiger partial charge in [0, 0.05) is 31.4 Å². The molecule has 1 aliphatic carbocycles. The number of amidine groups is 1. The monoisotopic (exact) mass is 454 g/mol. The van der Waals surface area contributed by atoms with Gasteiger partial charge in [-0.05, 0) is 56.4 Å². The molecule has 0 bridgehead atoms. The number of nitrogens with one attached hydrogen (secondary N) is 4. The molecule has 176 valence electrons. The average Bonchev–Trinajstić information content (AvgIpc) is 3.52. The number of carbonyl (C=O) groups excluding carboxylic acids is 2. The molecule has 0 unspecified atom stereocenters. The van der Waals surface area contributed by atoms with Crippen LogP contribution in [0.15, 0.2) is 24.4 Å². The fourth-order valence-corrected chi connectivity index (χ4v) is 3.54. The zero-order valence-electron chi connectivity index (χ0n) is 19.3. The second-order valence-corrected chi connectivity index (χ2v) is 8.08. The number of benzene rings is 1. The molecule has 1 aromatic heterocycles. The Hall–Kier alpha value is -3.82. The predicted octanol–water partition coefficient (Wildman–Crippen LogP) is 2.82. The summed E-state index contributed by atoms with van der Waals surface area (Å²) >= 11 is 0. The van der Waals surface area contributed by atoms with Gasteiger partial charge in [0.15, 0.2) is 5.84 Å². The van der Waals surface area contributed by atoms with E-state index in [1.807, 2.05) is 6.92 Å². The van der Waals surface area contributed by atoms with Crippen LogP contribution in [-0.2, 0) is 0 Å². The Bertz CT molecular complexity index is 1100. The fourth-order valence-electron chi connectivity index (χ4n) is 3.54. The van der Waals surface area contributed by atoms with Crippen molar-refractivity contribution in [1.29, 1.82) is 5.41 Å². The number of hydrogen-bond donors (Lipinski definition) is 5. The third-order valence-corrected chi connectivity index (χ3v) is 5.54. The molecule has 3 amide bonds. The molecule has 1 aliphatic rings. The maximum absolute atomic E-state index is 12.6. The molecule has 33 heavy (non-hydrogen) atoms. The minimum absolute atomic E-state index is 0.162. The van der Waals surface area contributed by atoms with Crippen molar-refractivity contribution in [2.75, 3.05) is 23.9 Å². The first-order valence-electron chi connectivity index (χ1n) is 10.9. The van der Waals surface area contributed by atoms with E-state index < -0.39 is 6.09 Å². The molecule has 10 heteroatoms. The van der Waals surface area contributed by atoms with Gasteiger partial charge in [-0.15, -0.1) is 0 Å². The number of nitrogens with zero attached hydrogens (tertiary/aromatic N) is 2. The van der Waals surface area contributed by atoms with E-state index in [1.54, 1.807) is 33.0 Å². The van der Waals surface area contributed by atoms with Crippen molar-refractivity contribution in [3.8, 4) is 0 Å². The lowest BCUT2D eigenvalue weighted by molar-refractivity contribution is 0.0943. The molecule has 10 nitrogen and oxygen atoms in total. The summed E-state index contributed by atoms with van der Waals surface area (Å²) in [5.41, 5.74) is 5.04. The van der Waals surface area contributed by atoms with Crippen LogP contribution < -0.4 is 21.0 Å². The lowest BCUT2D eigenvalue weighted by Gasteiger charge is -2.24. The Balaban J connectivity index is 2.02. The van der Waals surface area contributed by atoms with Crippen LogP contribution in [-0.4, -0.2) is 53.2 Å². The van der Waals surface area contributed by atoms with Gasteiger partial charge < -0.3 is 21.2 Å². The Kier molecular flexibility index (Phi) is 7.05. The Morgan fingerprint density at radius 1 is 1.21 bits per heavy atom. The van der Waals surface area contributed by atoms with Gasteiger partial charge in [0.1, 0.15) is 5.69 Å². The predicted molar refractivity (Wildman–Crippen MR) is 126 cm³/mol. The van der Waals surface area contributed by atoms with Gasteiger partial charge in [0.25, 0.3) is 11.8 Å². The summed E-state index contributed by atoms with van der Waals surface area (Å²) in [5, 5.41) is 24.5. The van der Waals surface area contributed by atoms with Crippen molar-refractivity contribution in [3.05, 3.63) is 52.3 Å². The van der Waals surface area contributed by atoms with Gasteiger partial charge in [-0.1, -0.05) is 13.0 Å². The Morgan fingerprint density at radius 2 is 1.91 bits per heavy atom. The highest BCUT2D eigenvalue weighted by Crippen LogP contribution is 2.27. The maximum atomic E-state index is 12.6. The average molecular weight is 455 g/mol. The van der Waals surface area contributed by atoms with E-state index in [9.17, 15) is 19.5 Å². The van der Waals surface area contributed by atoms with Crippen LogP contribution in [0.5, 0.6) is 0 Å². The smallest absolute Gasteiger partial charge is 0.417 e. The van der Waals surface area contributed by atoms with Crippen LogP contribution >= 0.6 is 0 Å². The van der Waals surface area contributed by atoms with E-state index >= 15 is 0 Å². The van der Waals surface area contributed by atoms with Gasteiger partial charge in [0.05, 0.1) is 11.3 Å². The molecule has 1 aromatic carbocycles. The topological polar surface area (TPSA) is 140 Å². The molecule has 3 rings (SSSR count). The van der Waals surface area contributed by atoms with Gasteiger partial charge >= 0.3 is 6.09 Å². The number of aromatic nitrogens is 1. The number of carboxylic acid groups (broad SMARTS) is 1. The van der Waals surface area contributed by atoms with Gasteiger partial charge in [-0.2, -0.15) is 0 Å². The first-order chi connectivity index (χ1) is 15.7. The second-order valence-electron chi connectivity index (χ2n) is 8.08. The van der Waals surface area contributed by atoms with E-state index in [4.69, 9.17) is 5.41 Å². The number of amides is 3. The summed E-state index contributed by atoms with van der Waals surface area (Å²) in [6.07, 6.45) is 2.81. The molecule has 5 N–H and O–H groups in total. The van der Waals surface area contributed by atoms with Crippen LogP contribution in [0.25, 0.3) is 0 Å². The molecule has 0 radical (unpaired) electrons. The Labute approximate surface area is 192 Å². The zero-order valence-corrected chi connectivity index (χ0v) is 19.3. The highest BCUT2D eigenvalue weighted by molar-refractivity contribution is 6.21. The summed E-state index contributed by atoms with van der Waals surface area (Å²) in [4.78, 5) is 38.2. The molecule has 1 saturated carbocycles. The van der Waals surface area contributed by atoms with E-state index in [0.717, 1.165) is 24.2 Å². The van der Waals surface area contributed by atoms with Gasteiger partial charge in [-0.3, -0.25) is 19.7 Å². The van der Waals surface area contributed by atoms with E-state index in [0.29, 0.717) is 28.8 Å².